The van der Waals surface area contributed by atoms with E-state index in [4.69, 9.17) is 9.47 Å². The Labute approximate surface area is 152 Å². The van der Waals surface area contributed by atoms with Crippen LogP contribution in [0.15, 0.2) is 29.3 Å². The van der Waals surface area contributed by atoms with E-state index < -0.39 is 0 Å². The zero-order chi connectivity index (χ0) is 18.3. The molecule has 2 N–H and O–H groups in total. The molecule has 0 aromatic heterocycles. The minimum atomic E-state index is 0.617. The second-order valence-electron chi connectivity index (χ2n) is 5.97. The third-order valence-electron chi connectivity index (χ3n) is 3.43. The average Bonchev–Trinajstić information content (AvgIpc) is 2.59. The van der Waals surface area contributed by atoms with Gasteiger partial charge in [-0.15, -0.1) is 0 Å². The molecule has 142 valence electrons. The molecule has 0 spiro atoms. The van der Waals surface area contributed by atoms with Crippen molar-refractivity contribution >= 4 is 5.96 Å². The lowest BCUT2D eigenvalue weighted by Crippen LogP contribution is -2.38. The number of hydrogen-bond donors (Lipinski definition) is 2. The van der Waals surface area contributed by atoms with Gasteiger partial charge in [-0.3, -0.25) is 0 Å². The average molecular weight is 351 g/mol. The lowest BCUT2D eigenvalue weighted by atomic mass is 10.2. The molecule has 6 heteroatoms. The van der Waals surface area contributed by atoms with Gasteiger partial charge in [0.15, 0.2) is 5.96 Å². The van der Waals surface area contributed by atoms with Gasteiger partial charge in [-0.25, -0.2) is 4.99 Å². The van der Waals surface area contributed by atoms with Gasteiger partial charge in [-0.2, -0.15) is 0 Å². The highest BCUT2D eigenvalue weighted by atomic mass is 16.5. The van der Waals surface area contributed by atoms with Crippen molar-refractivity contribution in [3.63, 3.8) is 0 Å². The largest absolute Gasteiger partial charge is 0.492 e. The summed E-state index contributed by atoms with van der Waals surface area (Å²) in [5.74, 6) is 1.72. The number of hydrogen-bond acceptors (Lipinski definition) is 4. The van der Waals surface area contributed by atoms with Gasteiger partial charge >= 0.3 is 0 Å². The van der Waals surface area contributed by atoms with Crippen molar-refractivity contribution in [2.75, 3.05) is 53.6 Å². The molecule has 0 aliphatic rings. The van der Waals surface area contributed by atoms with Crippen LogP contribution in [0.1, 0.15) is 25.8 Å². The summed E-state index contributed by atoms with van der Waals surface area (Å²) < 4.78 is 11.1. The van der Waals surface area contributed by atoms with E-state index in [1.54, 1.807) is 0 Å². The lowest BCUT2D eigenvalue weighted by Gasteiger charge is -2.12. The SMILES string of the molecule is CCNC(=NCc1cccc(OCCN(C)C)c1)NCCCOCC. The Morgan fingerprint density at radius 1 is 1.16 bits per heavy atom. The highest BCUT2D eigenvalue weighted by Crippen LogP contribution is 2.14. The first-order valence-corrected chi connectivity index (χ1v) is 9.12. The van der Waals surface area contributed by atoms with Crippen LogP contribution < -0.4 is 15.4 Å². The fourth-order valence-corrected chi connectivity index (χ4v) is 2.12. The molecule has 1 aromatic rings. The van der Waals surface area contributed by atoms with E-state index in [0.29, 0.717) is 13.2 Å². The topological polar surface area (TPSA) is 58.1 Å². The van der Waals surface area contributed by atoms with Gasteiger partial charge in [0.2, 0.25) is 0 Å². The molecule has 0 saturated carbocycles. The summed E-state index contributed by atoms with van der Waals surface area (Å²) in [6.07, 6.45) is 0.966. The van der Waals surface area contributed by atoms with Crippen molar-refractivity contribution in [2.45, 2.75) is 26.8 Å². The first-order chi connectivity index (χ1) is 12.2. The first-order valence-electron chi connectivity index (χ1n) is 9.12. The Morgan fingerprint density at radius 3 is 2.72 bits per heavy atom. The summed E-state index contributed by atoms with van der Waals surface area (Å²) in [4.78, 5) is 6.75. The van der Waals surface area contributed by atoms with Crippen molar-refractivity contribution in [3.8, 4) is 5.75 Å². The number of likely N-dealkylation sites (N-methyl/N-ethyl adjacent to an activating group) is 1. The van der Waals surface area contributed by atoms with E-state index in [-0.39, 0.29) is 0 Å². The maximum absolute atomic E-state index is 5.78. The van der Waals surface area contributed by atoms with Crippen molar-refractivity contribution in [3.05, 3.63) is 29.8 Å². The molecule has 0 aliphatic heterocycles. The van der Waals surface area contributed by atoms with Gasteiger partial charge in [0.05, 0.1) is 6.54 Å². The molecule has 0 amide bonds. The molecule has 0 atom stereocenters. The van der Waals surface area contributed by atoms with Crippen molar-refractivity contribution in [1.29, 1.82) is 0 Å². The van der Waals surface area contributed by atoms with Crippen LogP contribution in [0.2, 0.25) is 0 Å². The monoisotopic (exact) mass is 350 g/mol. The van der Waals surface area contributed by atoms with Gasteiger partial charge in [0, 0.05) is 32.8 Å². The smallest absolute Gasteiger partial charge is 0.191 e. The lowest BCUT2D eigenvalue weighted by molar-refractivity contribution is 0.145. The number of benzene rings is 1. The first kappa shape index (κ1) is 21.3. The van der Waals surface area contributed by atoms with Crippen LogP contribution in [0.25, 0.3) is 0 Å². The van der Waals surface area contributed by atoms with E-state index in [2.05, 4.69) is 39.6 Å². The van der Waals surface area contributed by atoms with E-state index in [9.17, 15) is 0 Å². The van der Waals surface area contributed by atoms with Crippen molar-refractivity contribution < 1.29 is 9.47 Å². The number of ether oxygens (including phenoxy) is 2. The van der Waals surface area contributed by atoms with E-state index >= 15 is 0 Å². The molecule has 0 bridgehead atoms. The minimum absolute atomic E-state index is 0.617. The molecule has 1 aromatic carbocycles. The van der Waals surface area contributed by atoms with Crippen LogP contribution in [-0.2, 0) is 11.3 Å². The summed E-state index contributed by atoms with van der Waals surface area (Å²) in [5.41, 5.74) is 1.13. The van der Waals surface area contributed by atoms with Gasteiger partial charge < -0.3 is 25.0 Å². The number of guanidine groups is 1. The molecular formula is C19H34N4O2. The highest BCUT2D eigenvalue weighted by Gasteiger charge is 2.00. The fraction of sp³-hybridized carbons (Fsp3) is 0.632. The Balaban J connectivity index is 2.48. The summed E-state index contributed by atoms with van der Waals surface area (Å²) >= 11 is 0. The molecule has 1 rings (SSSR count). The van der Waals surface area contributed by atoms with E-state index in [1.807, 2.05) is 33.2 Å². The molecular weight excluding hydrogens is 316 g/mol. The van der Waals surface area contributed by atoms with Crippen LogP contribution in [0.3, 0.4) is 0 Å². The molecule has 0 heterocycles. The fourth-order valence-electron chi connectivity index (χ4n) is 2.12. The Kier molecular flexibility index (Phi) is 11.5. The Hall–Kier alpha value is -1.79. The predicted octanol–water partition coefficient (Wildman–Crippen LogP) is 2.11. The summed E-state index contributed by atoms with van der Waals surface area (Å²) in [6.45, 7) is 9.50. The number of aliphatic imine (C=N–C) groups is 1. The maximum atomic E-state index is 5.78. The van der Waals surface area contributed by atoms with Gasteiger partial charge in [0.1, 0.15) is 12.4 Å². The number of nitrogens with one attached hydrogen (secondary N) is 2. The summed E-state index contributed by atoms with van der Waals surface area (Å²) in [6, 6.07) is 8.12. The number of rotatable bonds is 12. The minimum Gasteiger partial charge on any atom is -0.492 e. The molecule has 0 saturated heterocycles. The van der Waals surface area contributed by atoms with Crippen LogP contribution in [0, 0.1) is 0 Å². The second kappa shape index (κ2) is 13.5. The predicted molar refractivity (Wildman–Crippen MR) is 104 cm³/mol. The third-order valence-corrected chi connectivity index (χ3v) is 3.43. The van der Waals surface area contributed by atoms with Crippen LogP contribution in [0.5, 0.6) is 5.75 Å². The zero-order valence-corrected chi connectivity index (χ0v) is 16.2. The highest BCUT2D eigenvalue weighted by molar-refractivity contribution is 5.79. The standard InChI is InChI=1S/C19H34N4O2/c1-5-20-19(21-11-8-13-24-6-2)22-16-17-9-7-10-18(15-17)25-14-12-23(3)4/h7,9-10,15H,5-6,8,11-14,16H2,1-4H3,(H2,20,21,22). The Morgan fingerprint density at radius 2 is 2.00 bits per heavy atom. The van der Waals surface area contributed by atoms with E-state index in [0.717, 1.165) is 56.5 Å². The van der Waals surface area contributed by atoms with Crippen molar-refractivity contribution in [2.24, 2.45) is 4.99 Å². The van der Waals surface area contributed by atoms with E-state index in [1.165, 1.54) is 0 Å². The number of nitrogens with zero attached hydrogens (tertiary/aromatic N) is 2. The van der Waals surface area contributed by atoms with Crippen LogP contribution in [0.4, 0.5) is 0 Å². The third kappa shape index (κ3) is 10.6. The molecule has 0 radical (unpaired) electrons. The van der Waals surface area contributed by atoms with Gasteiger partial charge in [-0.05, 0) is 52.1 Å². The quantitative estimate of drug-likeness (QED) is 0.343. The van der Waals surface area contributed by atoms with Crippen LogP contribution >= 0.6 is 0 Å². The van der Waals surface area contributed by atoms with Gasteiger partial charge in [-0.1, -0.05) is 12.1 Å². The zero-order valence-electron chi connectivity index (χ0n) is 16.2. The second-order valence-corrected chi connectivity index (χ2v) is 5.97. The molecule has 0 fully saturated rings. The molecule has 25 heavy (non-hydrogen) atoms. The molecule has 6 nitrogen and oxygen atoms in total. The summed E-state index contributed by atoms with van der Waals surface area (Å²) in [7, 11) is 4.08. The molecule has 0 unspecified atom stereocenters. The van der Waals surface area contributed by atoms with Crippen LogP contribution in [-0.4, -0.2) is 64.4 Å². The normalized spacial score (nSPS) is 11.6. The summed E-state index contributed by atoms with van der Waals surface area (Å²) in [5, 5.41) is 6.60. The molecule has 0 aliphatic carbocycles. The Bertz CT molecular complexity index is 492. The van der Waals surface area contributed by atoms with Crippen molar-refractivity contribution in [1.82, 2.24) is 15.5 Å². The maximum Gasteiger partial charge on any atom is 0.191 e. The van der Waals surface area contributed by atoms with Gasteiger partial charge in [0.25, 0.3) is 0 Å².